The quantitative estimate of drug-likeness (QED) is 0.314. The fourth-order valence-corrected chi connectivity index (χ4v) is 2.30. The Morgan fingerprint density at radius 3 is 2.72 bits per heavy atom. The van der Waals surface area contributed by atoms with Crippen LogP contribution in [0.3, 0.4) is 0 Å². The fraction of sp³-hybridized carbons (Fsp3) is 0.438. The van der Waals surface area contributed by atoms with Crippen molar-refractivity contribution >= 4 is 17.5 Å². The predicted octanol–water partition coefficient (Wildman–Crippen LogP) is 4.32. The van der Waals surface area contributed by atoms with Gasteiger partial charge in [0.1, 0.15) is 0 Å². The van der Waals surface area contributed by atoms with Crippen molar-refractivity contribution in [3.8, 4) is 11.8 Å². The van der Waals surface area contributed by atoms with Gasteiger partial charge in [-0.3, -0.25) is 4.79 Å². The van der Waals surface area contributed by atoms with Crippen molar-refractivity contribution in [3.05, 3.63) is 30.3 Å². The number of carbonyl (C=O) groups excluding carboxylic acids is 1. The van der Waals surface area contributed by atoms with E-state index in [2.05, 4.69) is 30.9 Å². The first-order valence-corrected chi connectivity index (χ1v) is 7.51. The summed E-state index contributed by atoms with van der Waals surface area (Å²) in [5, 5.41) is 0. The second kappa shape index (κ2) is 9.79. The highest BCUT2D eigenvalue weighted by Crippen LogP contribution is 2.18. The van der Waals surface area contributed by atoms with Gasteiger partial charge in [0.25, 0.3) is 0 Å². The molecule has 0 atom stereocenters. The van der Waals surface area contributed by atoms with E-state index in [0.29, 0.717) is 6.42 Å². The van der Waals surface area contributed by atoms with E-state index in [-0.39, 0.29) is 5.78 Å². The average Bonchev–Trinajstić information content (AvgIpc) is 2.41. The van der Waals surface area contributed by atoms with Gasteiger partial charge in [-0.25, -0.2) is 0 Å². The Hall–Kier alpha value is -1.20. The van der Waals surface area contributed by atoms with Crippen LogP contribution in [-0.4, -0.2) is 11.5 Å². The number of Topliss-reactive ketones (excluding diaryl/α,β-unsaturated/α-hetero) is 1. The topological polar surface area (TPSA) is 17.1 Å². The molecule has 1 aromatic carbocycles. The first-order valence-electron chi connectivity index (χ1n) is 6.52. The normalized spacial score (nSPS) is 9.61. The fourth-order valence-electron chi connectivity index (χ4n) is 1.43. The van der Waals surface area contributed by atoms with Gasteiger partial charge in [-0.2, -0.15) is 0 Å². The van der Waals surface area contributed by atoms with E-state index >= 15 is 0 Å². The summed E-state index contributed by atoms with van der Waals surface area (Å²) < 4.78 is 0. The molecule has 0 fully saturated rings. The number of thioether (sulfide) groups is 1. The maximum Gasteiger partial charge on any atom is 0.205 e. The maximum atomic E-state index is 11.4. The van der Waals surface area contributed by atoms with Crippen molar-refractivity contribution in [1.29, 1.82) is 0 Å². The van der Waals surface area contributed by atoms with E-state index in [1.54, 1.807) is 11.8 Å². The van der Waals surface area contributed by atoms with Crippen molar-refractivity contribution in [2.45, 2.75) is 43.9 Å². The molecular formula is C16H20OS. The molecule has 1 rings (SSSR count). The third-order valence-electron chi connectivity index (χ3n) is 2.44. The monoisotopic (exact) mass is 260 g/mol. The lowest BCUT2D eigenvalue weighted by molar-refractivity contribution is -0.113. The number of hydrogen-bond acceptors (Lipinski definition) is 2. The van der Waals surface area contributed by atoms with Crippen LogP contribution in [-0.2, 0) is 4.79 Å². The number of rotatable bonds is 7. The van der Waals surface area contributed by atoms with E-state index in [4.69, 9.17) is 0 Å². The molecular weight excluding hydrogens is 240 g/mol. The van der Waals surface area contributed by atoms with Gasteiger partial charge in [0.2, 0.25) is 5.78 Å². The summed E-state index contributed by atoms with van der Waals surface area (Å²) in [4.78, 5) is 12.7. The van der Waals surface area contributed by atoms with Gasteiger partial charge < -0.3 is 0 Å². The molecule has 0 aliphatic heterocycles. The molecule has 0 saturated carbocycles. The lowest BCUT2D eigenvalue weighted by Crippen LogP contribution is -1.94. The smallest absolute Gasteiger partial charge is 0.205 e. The van der Waals surface area contributed by atoms with Gasteiger partial charge in [-0.05, 0) is 36.6 Å². The Morgan fingerprint density at radius 2 is 2.00 bits per heavy atom. The summed E-state index contributed by atoms with van der Waals surface area (Å²) in [6.07, 6.45) is 4.56. The van der Waals surface area contributed by atoms with Gasteiger partial charge in [0.05, 0.1) is 0 Å². The Kier molecular flexibility index (Phi) is 8.08. The van der Waals surface area contributed by atoms with E-state index in [1.165, 1.54) is 4.90 Å². The minimum Gasteiger partial charge on any atom is -0.285 e. The second-order valence-corrected chi connectivity index (χ2v) is 5.26. The van der Waals surface area contributed by atoms with Gasteiger partial charge in [0, 0.05) is 17.7 Å². The number of hydrogen-bond donors (Lipinski definition) is 0. The van der Waals surface area contributed by atoms with Crippen LogP contribution in [0.2, 0.25) is 0 Å². The first kappa shape index (κ1) is 14.9. The van der Waals surface area contributed by atoms with E-state index in [9.17, 15) is 4.79 Å². The third kappa shape index (κ3) is 7.19. The molecule has 0 spiro atoms. The molecule has 0 N–H and O–H groups in total. The lowest BCUT2D eigenvalue weighted by Gasteiger charge is -1.99. The zero-order valence-corrected chi connectivity index (χ0v) is 11.8. The Bertz CT molecular complexity index is 400. The van der Waals surface area contributed by atoms with E-state index in [0.717, 1.165) is 31.4 Å². The molecule has 96 valence electrons. The Morgan fingerprint density at radius 1 is 1.22 bits per heavy atom. The summed E-state index contributed by atoms with van der Waals surface area (Å²) in [5.41, 5.74) is 0. The molecule has 0 saturated heterocycles. The van der Waals surface area contributed by atoms with Gasteiger partial charge >= 0.3 is 0 Å². The summed E-state index contributed by atoms with van der Waals surface area (Å²) in [5.74, 6) is 6.72. The van der Waals surface area contributed by atoms with Gasteiger partial charge in [-0.1, -0.05) is 37.5 Å². The minimum atomic E-state index is 0.0831. The second-order valence-electron chi connectivity index (χ2n) is 4.09. The van der Waals surface area contributed by atoms with Crippen LogP contribution in [0.1, 0.15) is 39.0 Å². The molecule has 1 nitrogen and oxygen atoms in total. The summed E-state index contributed by atoms with van der Waals surface area (Å²) in [7, 11) is 0. The Balaban J connectivity index is 2.10. The molecule has 0 unspecified atom stereocenters. The van der Waals surface area contributed by atoms with Crippen LogP contribution in [0, 0.1) is 11.8 Å². The van der Waals surface area contributed by atoms with Crippen molar-refractivity contribution in [1.82, 2.24) is 0 Å². The molecule has 0 bridgehead atoms. The van der Waals surface area contributed by atoms with Crippen molar-refractivity contribution < 1.29 is 4.79 Å². The Labute approximate surface area is 114 Å². The first-order chi connectivity index (χ1) is 8.83. The van der Waals surface area contributed by atoms with Gasteiger partial charge in [0.15, 0.2) is 0 Å². The van der Waals surface area contributed by atoms with Crippen LogP contribution in [0.4, 0.5) is 0 Å². The molecule has 1 aromatic rings. The summed E-state index contributed by atoms with van der Waals surface area (Å²) in [6, 6.07) is 10.3. The summed E-state index contributed by atoms with van der Waals surface area (Å²) in [6.45, 7) is 2.13. The van der Waals surface area contributed by atoms with Crippen LogP contribution in [0.15, 0.2) is 35.2 Å². The molecule has 0 heterocycles. The highest BCUT2D eigenvalue weighted by molar-refractivity contribution is 7.99. The zero-order chi connectivity index (χ0) is 13.1. The van der Waals surface area contributed by atoms with Crippen molar-refractivity contribution in [2.24, 2.45) is 0 Å². The van der Waals surface area contributed by atoms with Crippen LogP contribution in [0.5, 0.6) is 0 Å². The van der Waals surface area contributed by atoms with E-state index in [1.807, 2.05) is 18.2 Å². The SMILES string of the molecule is CCCCC#CC(=O)CCCSc1ccccc1. The maximum absolute atomic E-state index is 11.4. The zero-order valence-electron chi connectivity index (χ0n) is 10.9. The average molecular weight is 260 g/mol. The van der Waals surface area contributed by atoms with E-state index < -0.39 is 0 Å². The highest BCUT2D eigenvalue weighted by Gasteiger charge is 1.98. The third-order valence-corrected chi connectivity index (χ3v) is 3.54. The molecule has 0 radical (unpaired) electrons. The van der Waals surface area contributed by atoms with Crippen molar-refractivity contribution in [2.75, 3.05) is 5.75 Å². The summed E-state index contributed by atoms with van der Waals surface area (Å²) >= 11 is 1.79. The standard InChI is InChI=1S/C16H20OS/c1-2-3-4-6-10-15(17)11-9-14-18-16-12-7-5-8-13-16/h5,7-8,12-13H,2-4,9,11,14H2,1H3. The highest BCUT2D eigenvalue weighted by atomic mass is 32.2. The minimum absolute atomic E-state index is 0.0831. The largest absolute Gasteiger partial charge is 0.285 e. The number of unbranched alkanes of at least 4 members (excludes halogenated alkanes) is 2. The molecule has 0 aliphatic rings. The molecule has 0 aromatic heterocycles. The van der Waals surface area contributed by atoms with Crippen LogP contribution >= 0.6 is 11.8 Å². The lowest BCUT2D eigenvalue weighted by atomic mass is 10.2. The molecule has 2 heteroatoms. The van der Waals surface area contributed by atoms with Crippen LogP contribution in [0.25, 0.3) is 0 Å². The van der Waals surface area contributed by atoms with Gasteiger partial charge in [-0.15, -0.1) is 11.8 Å². The number of carbonyl (C=O) groups is 1. The molecule has 0 aliphatic carbocycles. The molecule has 18 heavy (non-hydrogen) atoms. The number of ketones is 1. The number of benzene rings is 1. The predicted molar refractivity (Wildman–Crippen MR) is 78.7 cm³/mol. The molecule has 0 amide bonds. The van der Waals surface area contributed by atoms with Crippen LogP contribution < -0.4 is 0 Å². The van der Waals surface area contributed by atoms with Crippen molar-refractivity contribution in [3.63, 3.8) is 0 Å².